The van der Waals surface area contributed by atoms with Gasteiger partial charge in [-0.2, -0.15) is 0 Å². The predicted molar refractivity (Wildman–Crippen MR) is 111 cm³/mol. The summed E-state index contributed by atoms with van der Waals surface area (Å²) in [4.78, 5) is 24.7. The largest absolute Gasteiger partial charge is 0.484 e. The summed E-state index contributed by atoms with van der Waals surface area (Å²) in [5, 5.41) is 6.96. The van der Waals surface area contributed by atoms with Gasteiger partial charge in [-0.1, -0.05) is 30.3 Å². The molecule has 4 rings (SSSR count). The fourth-order valence-electron chi connectivity index (χ4n) is 2.90. The average molecular weight is 394 g/mol. The van der Waals surface area contributed by atoms with E-state index in [0.717, 1.165) is 39.8 Å². The fraction of sp³-hybridized carbons (Fsp3) is 0.273. The lowest BCUT2D eigenvalue weighted by Crippen LogP contribution is -2.30. The molecule has 144 valence electrons. The van der Waals surface area contributed by atoms with Crippen molar-refractivity contribution in [2.45, 2.75) is 25.3 Å². The molecule has 1 aromatic heterocycles. The molecule has 0 bridgehead atoms. The van der Waals surface area contributed by atoms with Gasteiger partial charge in [-0.05, 0) is 54.5 Å². The summed E-state index contributed by atoms with van der Waals surface area (Å²) in [7, 11) is 0. The third-order valence-corrected chi connectivity index (χ3v) is 5.70. The number of amides is 2. The molecule has 1 aliphatic rings. The third kappa shape index (κ3) is 4.89. The number of fused-ring (bicyclic) bond motifs is 1. The van der Waals surface area contributed by atoms with E-state index in [2.05, 4.69) is 10.6 Å². The normalized spacial score (nSPS) is 13.3. The van der Waals surface area contributed by atoms with Crippen LogP contribution >= 0.6 is 11.3 Å². The van der Waals surface area contributed by atoms with E-state index in [1.807, 2.05) is 54.6 Å². The Balaban J connectivity index is 1.22. The molecule has 3 aromatic rings. The number of hydrogen-bond donors (Lipinski definition) is 2. The predicted octanol–water partition coefficient (Wildman–Crippen LogP) is 3.53. The number of hydrogen-bond acceptors (Lipinski definition) is 4. The highest BCUT2D eigenvalue weighted by molar-refractivity contribution is 7.20. The van der Waals surface area contributed by atoms with Gasteiger partial charge in [0.15, 0.2) is 6.61 Å². The van der Waals surface area contributed by atoms with Crippen LogP contribution in [0.1, 0.15) is 28.1 Å². The van der Waals surface area contributed by atoms with Crippen LogP contribution in [0.5, 0.6) is 5.75 Å². The molecule has 2 amide bonds. The van der Waals surface area contributed by atoms with Crippen LogP contribution < -0.4 is 15.4 Å². The Kier molecular flexibility index (Phi) is 5.58. The van der Waals surface area contributed by atoms with Crippen molar-refractivity contribution in [3.8, 4) is 5.75 Å². The van der Waals surface area contributed by atoms with Crippen molar-refractivity contribution in [1.82, 2.24) is 10.6 Å². The van der Waals surface area contributed by atoms with Gasteiger partial charge in [0.2, 0.25) is 0 Å². The molecule has 1 aliphatic carbocycles. The lowest BCUT2D eigenvalue weighted by molar-refractivity contribution is -0.123. The van der Waals surface area contributed by atoms with E-state index in [1.54, 1.807) is 0 Å². The van der Waals surface area contributed by atoms with Gasteiger partial charge in [-0.25, -0.2) is 0 Å². The Hall–Kier alpha value is -2.86. The van der Waals surface area contributed by atoms with Crippen molar-refractivity contribution < 1.29 is 14.3 Å². The van der Waals surface area contributed by atoms with Crippen LogP contribution in [0.15, 0.2) is 54.6 Å². The SMILES string of the molecule is O=C(COc1ccc(CCNC(=O)c2cc3ccccc3s2)cc1)NC1CC1. The average Bonchev–Trinajstić information content (AvgIpc) is 3.41. The molecule has 6 heteroatoms. The van der Waals surface area contributed by atoms with Crippen molar-refractivity contribution in [2.75, 3.05) is 13.2 Å². The number of benzene rings is 2. The Morgan fingerprint density at radius 2 is 1.86 bits per heavy atom. The molecule has 28 heavy (non-hydrogen) atoms. The van der Waals surface area contributed by atoms with Crippen LogP contribution in [0.25, 0.3) is 10.1 Å². The lowest BCUT2D eigenvalue weighted by atomic mass is 10.1. The minimum atomic E-state index is -0.0736. The minimum Gasteiger partial charge on any atom is -0.484 e. The highest BCUT2D eigenvalue weighted by Crippen LogP contribution is 2.25. The maximum Gasteiger partial charge on any atom is 0.261 e. The minimum absolute atomic E-state index is 0.0390. The van der Waals surface area contributed by atoms with E-state index in [-0.39, 0.29) is 18.4 Å². The van der Waals surface area contributed by atoms with E-state index in [0.29, 0.717) is 18.3 Å². The first-order valence-corrected chi connectivity index (χ1v) is 10.3. The monoisotopic (exact) mass is 394 g/mol. The van der Waals surface area contributed by atoms with E-state index < -0.39 is 0 Å². The zero-order chi connectivity index (χ0) is 19.3. The van der Waals surface area contributed by atoms with Gasteiger partial charge in [0.25, 0.3) is 11.8 Å². The van der Waals surface area contributed by atoms with Crippen LogP contribution in [-0.2, 0) is 11.2 Å². The summed E-state index contributed by atoms with van der Waals surface area (Å²) in [6.45, 7) is 0.609. The van der Waals surface area contributed by atoms with E-state index in [4.69, 9.17) is 4.74 Å². The third-order valence-electron chi connectivity index (χ3n) is 4.58. The molecule has 0 atom stereocenters. The topological polar surface area (TPSA) is 67.4 Å². The van der Waals surface area contributed by atoms with Crippen LogP contribution in [0, 0.1) is 0 Å². The maximum atomic E-state index is 12.3. The van der Waals surface area contributed by atoms with Gasteiger partial charge >= 0.3 is 0 Å². The van der Waals surface area contributed by atoms with Crippen molar-refractivity contribution >= 4 is 33.2 Å². The zero-order valence-electron chi connectivity index (χ0n) is 15.4. The number of carbonyl (C=O) groups excluding carboxylic acids is 2. The van der Waals surface area contributed by atoms with Crippen molar-refractivity contribution in [1.29, 1.82) is 0 Å². The van der Waals surface area contributed by atoms with E-state index in [9.17, 15) is 9.59 Å². The van der Waals surface area contributed by atoms with Gasteiger partial charge < -0.3 is 15.4 Å². The highest BCUT2D eigenvalue weighted by atomic mass is 32.1. The van der Waals surface area contributed by atoms with Gasteiger partial charge in [0.05, 0.1) is 4.88 Å². The molecule has 0 radical (unpaired) electrons. The molecular weight excluding hydrogens is 372 g/mol. The molecule has 0 unspecified atom stereocenters. The summed E-state index contributed by atoms with van der Waals surface area (Å²) < 4.78 is 6.62. The first kappa shape index (κ1) is 18.5. The summed E-state index contributed by atoms with van der Waals surface area (Å²) >= 11 is 1.51. The van der Waals surface area contributed by atoms with Crippen molar-refractivity contribution in [3.05, 3.63) is 65.0 Å². The van der Waals surface area contributed by atoms with Crippen molar-refractivity contribution in [3.63, 3.8) is 0 Å². The molecule has 5 nitrogen and oxygen atoms in total. The second-order valence-corrected chi connectivity index (χ2v) is 8.01. The molecule has 2 aromatic carbocycles. The second-order valence-electron chi connectivity index (χ2n) is 6.93. The summed E-state index contributed by atoms with van der Waals surface area (Å²) in [5.74, 6) is 0.558. The molecule has 1 saturated carbocycles. The zero-order valence-corrected chi connectivity index (χ0v) is 16.3. The molecule has 1 heterocycles. The quantitative estimate of drug-likeness (QED) is 0.614. The summed E-state index contributed by atoms with van der Waals surface area (Å²) in [5.41, 5.74) is 1.10. The van der Waals surface area contributed by atoms with Gasteiger partial charge in [-0.15, -0.1) is 11.3 Å². The number of carbonyl (C=O) groups is 2. The Labute approximate surface area is 167 Å². The highest BCUT2D eigenvalue weighted by Gasteiger charge is 2.23. The van der Waals surface area contributed by atoms with Gasteiger partial charge in [0, 0.05) is 17.3 Å². The summed E-state index contributed by atoms with van der Waals surface area (Å²) in [6.07, 6.45) is 2.87. The molecule has 0 saturated heterocycles. The second kappa shape index (κ2) is 8.44. The number of rotatable bonds is 8. The first-order chi connectivity index (χ1) is 13.7. The molecule has 0 aliphatic heterocycles. The fourth-order valence-corrected chi connectivity index (χ4v) is 3.88. The van der Waals surface area contributed by atoms with E-state index in [1.165, 1.54) is 11.3 Å². The molecule has 1 fully saturated rings. The first-order valence-electron chi connectivity index (χ1n) is 9.45. The van der Waals surface area contributed by atoms with E-state index >= 15 is 0 Å². The Bertz CT molecular complexity index is 944. The maximum absolute atomic E-state index is 12.3. The van der Waals surface area contributed by atoms with Gasteiger partial charge in [-0.3, -0.25) is 9.59 Å². The van der Waals surface area contributed by atoms with Crippen LogP contribution in [-0.4, -0.2) is 31.0 Å². The summed E-state index contributed by atoms with van der Waals surface area (Å²) in [6, 6.07) is 17.9. The Morgan fingerprint density at radius 1 is 1.07 bits per heavy atom. The number of ether oxygens (including phenoxy) is 1. The molecule has 0 spiro atoms. The lowest BCUT2D eigenvalue weighted by Gasteiger charge is -2.08. The van der Waals surface area contributed by atoms with Crippen molar-refractivity contribution in [2.24, 2.45) is 0 Å². The standard InChI is InChI=1S/C22H22N2O3S/c25-21(24-17-7-8-17)14-27-18-9-5-15(6-10-18)11-12-23-22(26)20-13-16-3-1-2-4-19(16)28-20/h1-6,9-10,13,17H,7-8,11-12,14H2,(H,23,26)(H,24,25). The smallest absolute Gasteiger partial charge is 0.261 e. The van der Waals surface area contributed by atoms with Gasteiger partial charge in [0.1, 0.15) is 5.75 Å². The Morgan fingerprint density at radius 3 is 2.61 bits per heavy atom. The van der Waals surface area contributed by atoms with Crippen LogP contribution in [0.4, 0.5) is 0 Å². The van der Waals surface area contributed by atoms with Crippen LogP contribution in [0.2, 0.25) is 0 Å². The molecule has 2 N–H and O–H groups in total. The van der Waals surface area contributed by atoms with Crippen LogP contribution in [0.3, 0.4) is 0 Å². The number of thiophene rings is 1. The number of nitrogens with one attached hydrogen (secondary N) is 2. The molecular formula is C22H22N2O3S.